The molecule has 4 aromatic carbocycles. The molecule has 0 radical (unpaired) electrons. The standard InChI is InChI=1S/C28H17FN4O4S/c29-22-12-15-24-25(16-22)38-28(31-24)32(30-17-18-6-13-23(14-7-18)33(36)37)27(35)21-10-8-20(9-11-21)26(34)19-4-2-1-3-5-19/h1-17H/b30-17+. The molecule has 186 valence electrons. The van der Waals surface area contributed by atoms with Gasteiger partial charge in [-0.3, -0.25) is 19.7 Å². The summed E-state index contributed by atoms with van der Waals surface area (Å²) >= 11 is 1.09. The van der Waals surface area contributed by atoms with Crippen LogP contribution >= 0.6 is 11.3 Å². The molecule has 0 aliphatic rings. The Kier molecular flexibility index (Phi) is 6.79. The molecule has 0 fully saturated rings. The van der Waals surface area contributed by atoms with Crippen LogP contribution in [-0.4, -0.2) is 27.8 Å². The second-order valence-electron chi connectivity index (χ2n) is 8.09. The lowest BCUT2D eigenvalue weighted by Gasteiger charge is -2.14. The molecule has 1 amide bonds. The van der Waals surface area contributed by atoms with Crippen LogP contribution in [0.25, 0.3) is 10.2 Å². The summed E-state index contributed by atoms with van der Waals surface area (Å²) in [7, 11) is 0. The minimum absolute atomic E-state index is 0.0755. The fourth-order valence-electron chi connectivity index (χ4n) is 3.61. The molecule has 8 nitrogen and oxygen atoms in total. The molecule has 0 saturated heterocycles. The van der Waals surface area contributed by atoms with Gasteiger partial charge in [0, 0.05) is 28.8 Å². The average Bonchev–Trinajstić information content (AvgIpc) is 3.36. The van der Waals surface area contributed by atoms with Gasteiger partial charge < -0.3 is 0 Å². The molecule has 0 saturated carbocycles. The number of non-ortho nitro benzene ring substituents is 1. The number of hydrogen-bond donors (Lipinski definition) is 0. The van der Waals surface area contributed by atoms with Crippen molar-refractivity contribution in [2.45, 2.75) is 0 Å². The van der Waals surface area contributed by atoms with E-state index in [1.165, 1.54) is 60.8 Å². The van der Waals surface area contributed by atoms with Gasteiger partial charge >= 0.3 is 0 Å². The van der Waals surface area contributed by atoms with Gasteiger partial charge in [-0.1, -0.05) is 53.8 Å². The van der Waals surface area contributed by atoms with Crippen LogP contribution in [0.3, 0.4) is 0 Å². The van der Waals surface area contributed by atoms with Gasteiger partial charge in [-0.25, -0.2) is 9.37 Å². The molecule has 0 spiro atoms. The van der Waals surface area contributed by atoms with E-state index in [1.807, 2.05) is 6.07 Å². The van der Waals surface area contributed by atoms with Crippen molar-refractivity contribution in [2.24, 2.45) is 5.10 Å². The lowest BCUT2D eigenvalue weighted by molar-refractivity contribution is -0.384. The molecule has 0 N–H and O–H groups in total. The zero-order valence-electron chi connectivity index (χ0n) is 19.5. The predicted octanol–water partition coefficient (Wildman–Crippen LogP) is 6.26. The molecule has 0 aliphatic carbocycles. The van der Waals surface area contributed by atoms with Crippen molar-refractivity contribution in [3.8, 4) is 0 Å². The third-order valence-electron chi connectivity index (χ3n) is 5.57. The van der Waals surface area contributed by atoms with Crippen molar-refractivity contribution >= 4 is 50.3 Å². The van der Waals surface area contributed by atoms with E-state index in [0.717, 1.165) is 16.3 Å². The number of fused-ring (bicyclic) bond motifs is 1. The summed E-state index contributed by atoms with van der Waals surface area (Å²) in [6.07, 6.45) is 1.38. The second kappa shape index (κ2) is 10.5. The third-order valence-corrected chi connectivity index (χ3v) is 6.56. The first-order valence-corrected chi connectivity index (χ1v) is 12.1. The SMILES string of the molecule is O=C(c1ccccc1)c1ccc(C(=O)N(/N=C/c2ccc([N+](=O)[O-])cc2)c2nc3ccc(F)cc3s2)cc1. The van der Waals surface area contributed by atoms with Crippen molar-refractivity contribution in [1.82, 2.24) is 4.98 Å². The van der Waals surface area contributed by atoms with Gasteiger partial charge in [-0.15, -0.1) is 0 Å². The van der Waals surface area contributed by atoms with Crippen LogP contribution in [0.15, 0.2) is 102 Å². The summed E-state index contributed by atoms with van der Waals surface area (Å²) in [6, 6.07) is 24.8. The smallest absolute Gasteiger partial charge is 0.280 e. The molecule has 1 aromatic heterocycles. The molecule has 5 aromatic rings. The average molecular weight is 525 g/mol. The summed E-state index contributed by atoms with van der Waals surface area (Å²) in [5.41, 5.74) is 2.14. The normalized spacial score (nSPS) is 11.1. The maximum Gasteiger partial charge on any atom is 0.280 e. The van der Waals surface area contributed by atoms with E-state index in [-0.39, 0.29) is 22.2 Å². The first-order chi connectivity index (χ1) is 18.4. The lowest BCUT2D eigenvalue weighted by Crippen LogP contribution is -2.25. The zero-order chi connectivity index (χ0) is 26.6. The number of hydrazone groups is 1. The summed E-state index contributed by atoms with van der Waals surface area (Å²) in [6.45, 7) is 0. The van der Waals surface area contributed by atoms with Crippen molar-refractivity contribution in [3.63, 3.8) is 0 Å². The summed E-state index contributed by atoms with van der Waals surface area (Å²) in [4.78, 5) is 41.1. The van der Waals surface area contributed by atoms with Gasteiger partial charge in [-0.2, -0.15) is 10.1 Å². The molecule has 0 aliphatic heterocycles. The largest absolute Gasteiger partial charge is 0.289 e. The molecule has 5 rings (SSSR count). The number of rotatable bonds is 7. The molecular formula is C28H17FN4O4S. The van der Waals surface area contributed by atoms with Gasteiger partial charge in [0.1, 0.15) is 5.82 Å². The van der Waals surface area contributed by atoms with Gasteiger partial charge in [0.15, 0.2) is 5.78 Å². The number of nitro groups is 1. The number of aromatic nitrogens is 1. The van der Waals surface area contributed by atoms with Crippen LogP contribution < -0.4 is 5.01 Å². The second-order valence-corrected chi connectivity index (χ2v) is 9.10. The van der Waals surface area contributed by atoms with E-state index >= 15 is 0 Å². The monoisotopic (exact) mass is 524 g/mol. The number of carbonyl (C=O) groups excluding carboxylic acids is 2. The number of anilines is 1. The summed E-state index contributed by atoms with van der Waals surface area (Å²) in [5.74, 6) is -1.13. The number of amides is 1. The van der Waals surface area contributed by atoms with Crippen LogP contribution in [0.1, 0.15) is 31.8 Å². The molecule has 10 heteroatoms. The summed E-state index contributed by atoms with van der Waals surface area (Å²) in [5, 5.41) is 16.5. The Morgan fingerprint density at radius 2 is 1.55 bits per heavy atom. The maximum absolute atomic E-state index is 13.7. The molecule has 0 bridgehead atoms. The molecule has 0 unspecified atom stereocenters. The number of halogens is 1. The van der Waals surface area contributed by atoms with E-state index in [1.54, 1.807) is 36.4 Å². The zero-order valence-corrected chi connectivity index (χ0v) is 20.3. The van der Waals surface area contributed by atoms with E-state index < -0.39 is 16.6 Å². The van der Waals surface area contributed by atoms with Crippen molar-refractivity contribution in [1.29, 1.82) is 0 Å². The van der Waals surface area contributed by atoms with Gasteiger partial charge in [0.05, 0.1) is 21.4 Å². The Morgan fingerprint density at radius 1 is 0.895 bits per heavy atom. The predicted molar refractivity (Wildman–Crippen MR) is 143 cm³/mol. The quantitative estimate of drug-likeness (QED) is 0.108. The minimum atomic E-state index is -0.526. The minimum Gasteiger partial charge on any atom is -0.289 e. The Morgan fingerprint density at radius 3 is 2.24 bits per heavy atom. The van der Waals surface area contributed by atoms with E-state index in [2.05, 4.69) is 10.1 Å². The lowest BCUT2D eigenvalue weighted by atomic mass is 10.0. The number of ketones is 1. The molecule has 0 atom stereocenters. The van der Waals surface area contributed by atoms with Gasteiger partial charge in [0.2, 0.25) is 5.13 Å². The number of thiazole rings is 1. The third kappa shape index (κ3) is 5.20. The Balaban J connectivity index is 1.48. The number of nitro benzene ring substituents is 1. The highest BCUT2D eigenvalue weighted by Gasteiger charge is 2.22. The highest BCUT2D eigenvalue weighted by Crippen LogP contribution is 2.30. The van der Waals surface area contributed by atoms with E-state index in [9.17, 15) is 24.1 Å². The fraction of sp³-hybridized carbons (Fsp3) is 0. The van der Waals surface area contributed by atoms with Crippen LogP contribution in [0.2, 0.25) is 0 Å². The van der Waals surface area contributed by atoms with Crippen molar-refractivity contribution in [2.75, 3.05) is 5.01 Å². The molecule has 38 heavy (non-hydrogen) atoms. The highest BCUT2D eigenvalue weighted by molar-refractivity contribution is 7.22. The van der Waals surface area contributed by atoms with Crippen molar-refractivity contribution < 1.29 is 18.9 Å². The van der Waals surface area contributed by atoms with Crippen molar-refractivity contribution in [3.05, 3.63) is 135 Å². The van der Waals surface area contributed by atoms with Crippen LogP contribution in [0.5, 0.6) is 0 Å². The topological polar surface area (TPSA) is 106 Å². The number of carbonyl (C=O) groups is 2. The number of hydrogen-bond acceptors (Lipinski definition) is 7. The van der Waals surface area contributed by atoms with Crippen LogP contribution in [-0.2, 0) is 0 Å². The van der Waals surface area contributed by atoms with Gasteiger partial charge in [0.25, 0.3) is 11.6 Å². The first kappa shape index (κ1) is 24.6. The van der Waals surface area contributed by atoms with Crippen LogP contribution in [0.4, 0.5) is 15.2 Å². The van der Waals surface area contributed by atoms with E-state index in [4.69, 9.17) is 0 Å². The summed E-state index contributed by atoms with van der Waals surface area (Å²) < 4.78 is 14.3. The van der Waals surface area contributed by atoms with Gasteiger partial charge in [-0.05, 0) is 48.0 Å². The number of nitrogens with zero attached hydrogens (tertiary/aromatic N) is 4. The number of benzene rings is 4. The fourth-order valence-corrected chi connectivity index (χ4v) is 4.56. The molecular weight excluding hydrogens is 507 g/mol. The molecule has 1 heterocycles. The highest BCUT2D eigenvalue weighted by atomic mass is 32.1. The van der Waals surface area contributed by atoms with E-state index in [0.29, 0.717) is 26.9 Å². The Labute approximate surface area is 219 Å². The first-order valence-electron chi connectivity index (χ1n) is 11.3. The van der Waals surface area contributed by atoms with Crippen LogP contribution in [0, 0.1) is 15.9 Å². The Hall–Kier alpha value is -5.09. The Bertz CT molecular complexity index is 1680. The maximum atomic E-state index is 13.7.